The van der Waals surface area contributed by atoms with E-state index in [4.69, 9.17) is 9.47 Å². The maximum atomic E-state index is 11.8. The van der Waals surface area contributed by atoms with Gasteiger partial charge in [0, 0.05) is 7.11 Å². The third-order valence-electron chi connectivity index (χ3n) is 5.89. The van der Waals surface area contributed by atoms with Crippen molar-refractivity contribution in [3.8, 4) is 0 Å². The first kappa shape index (κ1) is 21.2. The van der Waals surface area contributed by atoms with Crippen LogP contribution in [0, 0.1) is 0 Å². The molecule has 0 spiro atoms. The minimum absolute atomic E-state index is 0.311. The van der Waals surface area contributed by atoms with Crippen molar-refractivity contribution in [2.24, 2.45) is 0 Å². The highest BCUT2D eigenvalue weighted by Crippen LogP contribution is 2.41. The molecule has 5 atom stereocenters. The molecule has 1 saturated heterocycles. The fraction of sp³-hybridized carbons (Fsp3) is 0.455. The molecule has 2 aromatic carbocycles. The molecule has 5 nitrogen and oxygen atoms in total. The lowest BCUT2D eigenvalue weighted by Gasteiger charge is -2.48. The second kappa shape index (κ2) is 8.06. The van der Waals surface area contributed by atoms with Crippen molar-refractivity contribution in [2.75, 3.05) is 7.11 Å². The number of aliphatic hydroxyl groups is 3. The molecular formula is C22H30O5Si. The van der Waals surface area contributed by atoms with E-state index in [2.05, 4.69) is 20.8 Å². The Balaban J connectivity index is 2.22. The van der Waals surface area contributed by atoms with Crippen LogP contribution in [0.4, 0.5) is 0 Å². The van der Waals surface area contributed by atoms with Crippen LogP contribution in [0.3, 0.4) is 0 Å². The van der Waals surface area contributed by atoms with E-state index in [-0.39, 0.29) is 5.04 Å². The zero-order valence-electron chi connectivity index (χ0n) is 16.8. The van der Waals surface area contributed by atoms with E-state index in [0.29, 0.717) is 0 Å². The largest absolute Gasteiger partial charge is 0.393 e. The number of ether oxygens (including phenoxy) is 2. The van der Waals surface area contributed by atoms with Crippen molar-refractivity contribution in [2.45, 2.75) is 56.1 Å². The van der Waals surface area contributed by atoms with Crippen LogP contribution in [0.5, 0.6) is 0 Å². The lowest BCUT2D eigenvalue weighted by molar-refractivity contribution is -0.157. The van der Waals surface area contributed by atoms with Crippen LogP contribution in [-0.4, -0.2) is 60.8 Å². The molecule has 6 heteroatoms. The minimum Gasteiger partial charge on any atom is -0.393 e. The summed E-state index contributed by atoms with van der Waals surface area (Å²) >= 11 is 0. The summed E-state index contributed by atoms with van der Waals surface area (Å²) < 4.78 is 11.0. The SMILES string of the molecule is CO[C@@H]1O[C@H](C(O)[Si](c2ccccc2)(c2ccccc2)C(C)(C)C)[C@@H](O)[C@H]1O. The number of benzene rings is 2. The Morgan fingerprint density at radius 1 is 0.893 bits per heavy atom. The molecule has 0 radical (unpaired) electrons. The van der Waals surface area contributed by atoms with Gasteiger partial charge in [-0.05, 0) is 5.04 Å². The normalized spacial score (nSPS) is 27.0. The summed E-state index contributed by atoms with van der Waals surface area (Å²) in [6.07, 6.45) is -4.36. The first-order valence-corrected chi connectivity index (χ1v) is 11.7. The molecule has 1 fully saturated rings. The monoisotopic (exact) mass is 402 g/mol. The Morgan fingerprint density at radius 3 is 1.71 bits per heavy atom. The molecular weight excluding hydrogens is 372 g/mol. The van der Waals surface area contributed by atoms with E-state index >= 15 is 0 Å². The molecule has 152 valence electrons. The van der Waals surface area contributed by atoms with Crippen molar-refractivity contribution in [3.05, 3.63) is 60.7 Å². The first-order chi connectivity index (χ1) is 13.2. The van der Waals surface area contributed by atoms with Crippen LogP contribution in [-0.2, 0) is 9.47 Å². The molecule has 3 N–H and O–H groups in total. The van der Waals surface area contributed by atoms with Gasteiger partial charge in [0.2, 0.25) is 0 Å². The number of methoxy groups -OCH3 is 1. The average molecular weight is 403 g/mol. The molecule has 0 aliphatic carbocycles. The van der Waals surface area contributed by atoms with Gasteiger partial charge in [0.1, 0.15) is 18.3 Å². The fourth-order valence-electron chi connectivity index (χ4n) is 4.59. The van der Waals surface area contributed by atoms with Crippen molar-refractivity contribution in [1.82, 2.24) is 0 Å². The van der Waals surface area contributed by atoms with E-state index in [1.807, 2.05) is 60.7 Å². The number of rotatable bonds is 5. The molecule has 2 aromatic rings. The van der Waals surface area contributed by atoms with Crippen LogP contribution in [0.15, 0.2) is 60.7 Å². The van der Waals surface area contributed by atoms with Gasteiger partial charge in [-0.1, -0.05) is 91.8 Å². The highest BCUT2D eigenvalue weighted by molar-refractivity contribution is 7.05. The van der Waals surface area contributed by atoms with E-state index in [9.17, 15) is 15.3 Å². The summed E-state index contributed by atoms with van der Waals surface area (Å²) in [4.78, 5) is 0. The smallest absolute Gasteiger partial charge is 0.186 e. The molecule has 28 heavy (non-hydrogen) atoms. The van der Waals surface area contributed by atoms with Crippen LogP contribution < -0.4 is 10.4 Å². The summed E-state index contributed by atoms with van der Waals surface area (Å²) in [5.74, 6) is 0. The molecule has 0 aromatic heterocycles. The van der Waals surface area contributed by atoms with Crippen molar-refractivity contribution < 1.29 is 24.8 Å². The number of aliphatic hydroxyl groups excluding tert-OH is 3. The quantitative estimate of drug-likeness (QED) is 0.652. The van der Waals surface area contributed by atoms with Gasteiger partial charge < -0.3 is 24.8 Å². The lowest BCUT2D eigenvalue weighted by Crippen LogP contribution is -2.75. The predicted molar refractivity (Wildman–Crippen MR) is 111 cm³/mol. The zero-order valence-corrected chi connectivity index (χ0v) is 17.8. The van der Waals surface area contributed by atoms with Gasteiger partial charge in [-0.25, -0.2) is 0 Å². The van der Waals surface area contributed by atoms with Crippen LogP contribution >= 0.6 is 0 Å². The third kappa shape index (κ3) is 3.34. The molecule has 1 aliphatic heterocycles. The van der Waals surface area contributed by atoms with Crippen molar-refractivity contribution in [3.63, 3.8) is 0 Å². The van der Waals surface area contributed by atoms with Crippen LogP contribution in [0.1, 0.15) is 20.8 Å². The topological polar surface area (TPSA) is 79.2 Å². The Labute approximate surface area is 167 Å². The molecule has 3 rings (SSSR count). The van der Waals surface area contributed by atoms with Gasteiger partial charge in [-0.3, -0.25) is 0 Å². The number of hydrogen-bond donors (Lipinski definition) is 3. The molecule has 1 heterocycles. The maximum absolute atomic E-state index is 11.8. The van der Waals surface area contributed by atoms with Gasteiger partial charge in [0.05, 0.1) is 5.73 Å². The maximum Gasteiger partial charge on any atom is 0.186 e. The van der Waals surface area contributed by atoms with E-state index in [1.54, 1.807) is 0 Å². The summed E-state index contributed by atoms with van der Waals surface area (Å²) in [5, 5.41) is 34.5. The Morgan fingerprint density at radius 2 is 1.36 bits per heavy atom. The Bertz CT molecular complexity index is 722. The second-order valence-corrected chi connectivity index (χ2v) is 13.3. The molecule has 0 amide bonds. The average Bonchev–Trinajstić information content (AvgIpc) is 2.97. The van der Waals surface area contributed by atoms with E-state index in [1.165, 1.54) is 7.11 Å². The van der Waals surface area contributed by atoms with Gasteiger partial charge in [0.25, 0.3) is 0 Å². The Kier molecular flexibility index (Phi) is 6.10. The summed E-state index contributed by atoms with van der Waals surface area (Å²) in [6, 6.07) is 19.9. The van der Waals surface area contributed by atoms with Crippen LogP contribution in [0.2, 0.25) is 5.04 Å². The standard InChI is InChI=1S/C22H30O5Si/c1-22(2,3)28(15-11-7-5-8-12-15,16-13-9-6-10-14-16)20(25)19-17(23)18(24)21(26-4)27-19/h5-14,17-21,23-25H,1-4H3/t17-,18+,19-,20?,21+/m0/s1. The van der Waals surface area contributed by atoms with Gasteiger partial charge >= 0.3 is 0 Å². The summed E-state index contributed by atoms with van der Waals surface area (Å²) in [5.41, 5.74) is -0.998. The minimum atomic E-state index is -2.93. The van der Waals surface area contributed by atoms with E-state index in [0.717, 1.165) is 10.4 Å². The summed E-state index contributed by atoms with van der Waals surface area (Å²) in [7, 11) is -1.51. The Hall–Kier alpha value is -1.54. The number of hydrogen-bond acceptors (Lipinski definition) is 5. The highest BCUT2D eigenvalue weighted by atomic mass is 28.3. The highest BCUT2D eigenvalue weighted by Gasteiger charge is 2.59. The van der Waals surface area contributed by atoms with Crippen molar-refractivity contribution in [1.29, 1.82) is 0 Å². The zero-order chi connectivity index (χ0) is 20.5. The molecule has 0 bridgehead atoms. The molecule has 1 unspecified atom stereocenters. The van der Waals surface area contributed by atoms with E-state index < -0.39 is 38.4 Å². The predicted octanol–water partition coefficient (Wildman–Crippen LogP) is 1.04. The lowest BCUT2D eigenvalue weighted by atomic mass is 10.1. The fourth-order valence-corrected chi connectivity index (χ4v) is 10.4. The summed E-state index contributed by atoms with van der Waals surface area (Å²) in [6.45, 7) is 6.36. The molecule has 0 saturated carbocycles. The van der Waals surface area contributed by atoms with Crippen molar-refractivity contribution >= 4 is 18.4 Å². The second-order valence-electron chi connectivity index (χ2n) is 8.42. The van der Waals surface area contributed by atoms with Crippen LogP contribution in [0.25, 0.3) is 0 Å². The van der Waals surface area contributed by atoms with Gasteiger partial charge in [-0.2, -0.15) is 0 Å². The molecule has 1 aliphatic rings. The van der Waals surface area contributed by atoms with Gasteiger partial charge in [-0.15, -0.1) is 0 Å². The first-order valence-electron chi connectivity index (χ1n) is 9.58. The van der Waals surface area contributed by atoms with Gasteiger partial charge in [0.15, 0.2) is 14.4 Å². The third-order valence-corrected chi connectivity index (χ3v) is 12.0.